The SMILES string of the molecule is COCCOC(C(N)=O)(c1cn[nH]c1)c1ccccn1. The zero-order valence-corrected chi connectivity index (χ0v) is 11.1. The highest BCUT2D eigenvalue weighted by Crippen LogP contribution is 2.31. The molecule has 7 heteroatoms. The van der Waals surface area contributed by atoms with Crippen LogP contribution in [-0.4, -0.2) is 41.4 Å². The van der Waals surface area contributed by atoms with E-state index in [1.54, 1.807) is 37.7 Å². The highest BCUT2D eigenvalue weighted by Gasteiger charge is 2.44. The van der Waals surface area contributed by atoms with Gasteiger partial charge in [0, 0.05) is 25.1 Å². The zero-order chi connectivity index (χ0) is 14.4. The molecule has 0 spiro atoms. The summed E-state index contributed by atoms with van der Waals surface area (Å²) < 4.78 is 10.7. The standard InChI is InChI=1S/C13H16N4O3/c1-19-6-7-20-13(12(14)18,10-8-16-17-9-10)11-4-2-3-5-15-11/h2-5,8-9H,6-7H2,1H3,(H2,14,18)(H,16,17). The van der Waals surface area contributed by atoms with Gasteiger partial charge in [-0.3, -0.25) is 14.9 Å². The fourth-order valence-corrected chi connectivity index (χ4v) is 1.94. The minimum absolute atomic E-state index is 0.196. The second-order valence-electron chi connectivity index (χ2n) is 4.09. The van der Waals surface area contributed by atoms with Crippen molar-refractivity contribution in [2.75, 3.05) is 20.3 Å². The molecule has 1 amide bonds. The minimum atomic E-state index is -1.48. The van der Waals surface area contributed by atoms with Crippen molar-refractivity contribution in [3.63, 3.8) is 0 Å². The van der Waals surface area contributed by atoms with Crippen LogP contribution in [0.25, 0.3) is 0 Å². The monoisotopic (exact) mass is 276 g/mol. The molecule has 2 heterocycles. The van der Waals surface area contributed by atoms with Crippen LogP contribution in [0.2, 0.25) is 0 Å². The lowest BCUT2D eigenvalue weighted by molar-refractivity contribution is -0.141. The van der Waals surface area contributed by atoms with E-state index in [0.29, 0.717) is 17.9 Å². The molecular formula is C13H16N4O3. The fraction of sp³-hybridized carbons (Fsp3) is 0.308. The van der Waals surface area contributed by atoms with Crippen LogP contribution in [0, 0.1) is 0 Å². The van der Waals surface area contributed by atoms with Gasteiger partial charge in [0.2, 0.25) is 5.60 Å². The number of aromatic amines is 1. The Kier molecular flexibility index (Phi) is 4.44. The van der Waals surface area contributed by atoms with Crippen molar-refractivity contribution < 1.29 is 14.3 Å². The summed E-state index contributed by atoms with van der Waals surface area (Å²) >= 11 is 0. The van der Waals surface area contributed by atoms with Crippen molar-refractivity contribution in [2.24, 2.45) is 5.73 Å². The number of amides is 1. The molecule has 20 heavy (non-hydrogen) atoms. The number of ether oxygens (including phenoxy) is 2. The number of carbonyl (C=O) groups excluding carboxylic acids is 1. The molecule has 0 aliphatic rings. The normalized spacial score (nSPS) is 13.8. The van der Waals surface area contributed by atoms with Gasteiger partial charge in [0.05, 0.1) is 25.1 Å². The van der Waals surface area contributed by atoms with Gasteiger partial charge in [-0.15, -0.1) is 0 Å². The number of pyridine rings is 1. The predicted molar refractivity (Wildman–Crippen MR) is 70.6 cm³/mol. The largest absolute Gasteiger partial charge is 0.382 e. The van der Waals surface area contributed by atoms with Gasteiger partial charge in [0.25, 0.3) is 5.91 Å². The van der Waals surface area contributed by atoms with Gasteiger partial charge in [-0.1, -0.05) is 6.07 Å². The van der Waals surface area contributed by atoms with Gasteiger partial charge >= 0.3 is 0 Å². The van der Waals surface area contributed by atoms with Gasteiger partial charge in [-0.25, -0.2) is 0 Å². The summed E-state index contributed by atoms with van der Waals surface area (Å²) in [6.45, 7) is 0.529. The van der Waals surface area contributed by atoms with Crippen LogP contribution in [0.5, 0.6) is 0 Å². The van der Waals surface area contributed by atoms with Gasteiger partial charge in [-0.05, 0) is 12.1 Å². The molecule has 0 bridgehead atoms. The van der Waals surface area contributed by atoms with Crippen molar-refractivity contribution in [3.8, 4) is 0 Å². The molecule has 0 saturated carbocycles. The second-order valence-corrected chi connectivity index (χ2v) is 4.09. The molecule has 3 N–H and O–H groups in total. The summed E-state index contributed by atoms with van der Waals surface area (Å²) in [6, 6.07) is 5.20. The average Bonchev–Trinajstić information content (AvgIpc) is 2.99. The molecule has 2 aromatic heterocycles. The number of hydrogen-bond acceptors (Lipinski definition) is 5. The van der Waals surface area contributed by atoms with Crippen LogP contribution in [0.1, 0.15) is 11.3 Å². The molecule has 7 nitrogen and oxygen atoms in total. The first-order chi connectivity index (χ1) is 9.71. The highest BCUT2D eigenvalue weighted by molar-refractivity contribution is 5.88. The lowest BCUT2D eigenvalue weighted by atomic mass is 9.91. The highest BCUT2D eigenvalue weighted by atomic mass is 16.5. The van der Waals surface area contributed by atoms with Crippen molar-refractivity contribution >= 4 is 5.91 Å². The Bertz CT molecular complexity index is 544. The van der Waals surface area contributed by atoms with Crippen molar-refractivity contribution in [3.05, 3.63) is 48.0 Å². The molecule has 0 aromatic carbocycles. The fourth-order valence-electron chi connectivity index (χ4n) is 1.94. The Morgan fingerprint density at radius 3 is 2.85 bits per heavy atom. The number of carbonyl (C=O) groups is 1. The van der Waals surface area contributed by atoms with E-state index >= 15 is 0 Å². The summed E-state index contributed by atoms with van der Waals surface area (Å²) in [7, 11) is 1.55. The van der Waals surface area contributed by atoms with E-state index < -0.39 is 11.5 Å². The number of nitrogens with two attached hydrogens (primary N) is 1. The maximum absolute atomic E-state index is 12.1. The molecule has 2 rings (SSSR count). The molecule has 0 saturated heterocycles. The zero-order valence-electron chi connectivity index (χ0n) is 11.1. The van der Waals surface area contributed by atoms with E-state index in [4.69, 9.17) is 15.2 Å². The van der Waals surface area contributed by atoms with E-state index in [-0.39, 0.29) is 6.61 Å². The summed E-state index contributed by atoms with van der Waals surface area (Å²) in [5, 5.41) is 6.51. The van der Waals surface area contributed by atoms with Crippen LogP contribution in [0.4, 0.5) is 0 Å². The second kappa shape index (κ2) is 6.27. The molecule has 2 aromatic rings. The van der Waals surface area contributed by atoms with Crippen LogP contribution in [0.3, 0.4) is 0 Å². The molecule has 0 radical (unpaired) electrons. The number of nitrogens with one attached hydrogen (secondary N) is 1. The van der Waals surface area contributed by atoms with Gasteiger partial charge < -0.3 is 15.2 Å². The third-order valence-electron chi connectivity index (χ3n) is 2.88. The number of hydrogen-bond donors (Lipinski definition) is 2. The van der Waals surface area contributed by atoms with E-state index in [9.17, 15) is 4.79 Å². The quantitative estimate of drug-likeness (QED) is 0.703. The Morgan fingerprint density at radius 1 is 1.45 bits per heavy atom. The Labute approximate surface area is 116 Å². The molecule has 1 unspecified atom stereocenters. The van der Waals surface area contributed by atoms with Crippen molar-refractivity contribution in [1.29, 1.82) is 0 Å². The first-order valence-corrected chi connectivity index (χ1v) is 6.05. The first-order valence-electron chi connectivity index (χ1n) is 6.05. The molecule has 1 atom stereocenters. The van der Waals surface area contributed by atoms with Crippen molar-refractivity contribution in [1.82, 2.24) is 15.2 Å². The summed E-state index contributed by atoms with van der Waals surface area (Å²) in [4.78, 5) is 16.3. The smallest absolute Gasteiger partial charge is 0.260 e. The van der Waals surface area contributed by atoms with Gasteiger partial charge in [-0.2, -0.15) is 5.10 Å². The third kappa shape index (κ3) is 2.54. The minimum Gasteiger partial charge on any atom is -0.382 e. The van der Waals surface area contributed by atoms with Crippen LogP contribution < -0.4 is 5.73 Å². The molecule has 0 aliphatic carbocycles. The molecule has 106 valence electrons. The lowest BCUT2D eigenvalue weighted by Gasteiger charge is -2.29. The van der Waals surface area contributed by atoms with Crippen LogP contribution in [-0.2, 0) is 19.9 Å². The Morgan fingerprint density at radius 2 is 2.30 bits per heavy atom. The molecule has 0 fully saturated rings. The van der Waals surface area contributed by atoms with E-state index in [0.717, 1.165) is 0 Å². The van der Waals surface area contributed by atoms with Crippen LogP contribution in [0.15, 0.2) is 36.8 Å². The number of H-pyrrole nitrogens is 1. The summed E-state index contributed by atoms with van der Waals surface area (Å²) in [6.07, 6.45) is 4.63. The summed E-state index contributed by atoms with van der Waals surface area (Å²) in [5.41, 5.74) is 5.02. The van der Waals surface area contributed by atoms with Crippen LogP contribution >= 0.6 is 0 Å². The van der Waals surface area contributed by atoms with Gasteiger partial charge in [0.1, 0.15) is 0 Å². The number of aromatic nitrogens is 3. The average molecular weight is 276 g/mol. The van der Waals surface area contributed by atoms with E-state index in [1.165, 1.54) is 6.20 Å². The maximum Gasteiger partial charge on any atom is 0.260 e. The Balaban J connectivity index is 2.48. The lowest BCUT2D eigenvalue weighted by Crippen LogP contribution is -2.45. The predicted octanol–water partition coefficient (Wildman–Crippen LogP) is 0.197. The maximum atomic E-state index is 12.1. The number of nitrogens with zero attached hydrogens (tertiary/aromatic N) is 2. The Hall–Kier alpha value is -2.25. The first kappa shape index (κ1) is 14.2. The summed E-state index contributed by atoms with van der Waals surface area (Å²) in [5.74, 6) is -0.659. The number of methoxy groups -OCH3 is 1. The number of rotatable bonds is 7. The van der Waals surface area contributed by atoms with Gasteiger partial charge in [0.15, 0.2) is 0 Å². The number of primary amides is 1. The third-order valence-corrected chi connectivity index (χ3v) is 2.88. The van der Waals surface area contributed by atoms with E-state index in [1.807, 2.05) is 0 Å². The molecule has 0 aliphatic heterocycles. The molecular weight excluding hydrogens is 260 g/mol. The van der Waals surface area contributed by atoms with Crippen molar-refractivity contribution in [2.45, 2.75) is 5.60 Å². The topological polar surface area (TPSA) is 103 Å². The van der Waals surface area contributed by atoms with E-state index in [2.05, 4.69) is 15.2 Å².